The van der Waals surface area contributed by atoms with Crippen molar-refractivity contribution >= 4 is 11.5 Å². The van der Waals surface area contributed by atoms with E-state index in [1.165, 1.54) is 12.1 Å². The van der Waals surface area contributed by atoms with Gasteiger partial charge in [0, 0.05) is 0 Å². The summed E-state index contributed by atoms with van der Waals surface area (Å²) in [4.78, 5) is 11.4. The van der Waals surface area contributed by atoms with Crippen molar-refractivity contribution < 1.29 is 22.7 Å². The van der Waals surface area contributed by atoms with Gasteiger partial charge in [0.15, 0.2) is 0 Å². The molecule has 0 saturated heterocycles. The lowest BCUT2D eigenvalue weighted by Crippen LogP contribution is -2.05. The number of halogens is 3. The van der Waals surface area contributed by atoms with Crippen LogP contribution in [-0.2, 0) is 15.7 Å². The number of hydrogen-bond acceptors (Lipinski definition) is 2. The molecule has 1 aromatic carbocycles. The molecule has 0 radical (unpaired) electrons. The van der Waals surface area contributed by atoms with Crippen LogP contribution in [0.3, 0.4) is 0 Å². The molecule has 0 N–H and O–H groups in total. The highest BCUT2D eigenvalue weighted by Crippen LogP contribution is 2.31. The SMILES string of the molecule is CC1C=C(c2ccc(C(F)(F)F)cc2)C(=O)O1. The number of alkyl halides is 3. The topological polar surface area (TPSA) is 26.3 Å². The lowest BCUT2D eigenvalue weighted by atomic mass is 10.0. The molecule has 0 fully saturated rings. The standard InChI is InChI=1S/C12H9F3O2/c1-7-6-10(11(16)17-7)8-2-4-9(5-3-8)12(13,14)15/h2-7H,1H3. The van der Waals surface area contributed by atoms with E-state index in [9.17, 15) is 18.0 Å². The fourth-order valence-corrected chi connectivity index (χ4v) is 1.62. The summed E-state index contributed by atoms with van der Waals surface area (Å²) in [6.07, 6.45) is -3.11. The number of carbonyl (C=O) groups is 1. The van der Waals surface area contributed by atoms with Crippen molar-refractivity contribution in [2.75, 3.05) is 0 Å². The molecule has 90 valence electrons. The Morgan fingerprint density at radius 3 is 2.18 bits per heavy atom. The fraction of sp³-hybridized carbons (Fsp3) is 0.250. The highest BCUT2D eigenvalue weighted by molar-refractivity contribution is 6.18. The van der Waals surface area contributed by atoms with Gasteiger partial charge in [0.25, 0.3) is 0 Å². The first-order chi connectivity index (χ1) is 7.88. The number of rotatable bonds is 1. The highest BCUT2D eigenvalue weighted by Gasteiger charge is 2.31. The summed E-state index contributed by atoms with van der Waals surface area (Å²) in [7, 11) is 0. The Bertz CT molecular complexity index is 472. The Morgan fingerprint density at radius 1 is 1.18 bits per heavy atom. The highest BCUT2D eigenvalue weighted by atomic mass is 19.4. The average molecular weight is 242 g/mol. The van der Waals surface area contributed by atoms with E-state index in [0.717, 1.165) is 12.1 Å². The van der Waals surface area contributed by atoms with Crippen molar-refractivity contribution in [2.24, 2.45) is 0 Å². The van der Waals surface area contributed by atoms with Crippen LogP contribution >= 0.6 is 0 Å². The van der Waals surface area contributed by atoms with Gasteiger partial charge < -0.3 is 4.74 Å². The van der Waals surface area contributed by atoms with Crippen molar-refractivity contribution in [1.82, 2.24) is 0 Å². The second-order valence-corrected chi connectivity index (χ2v) is 3.77. The second-order valence-electron chi connectivity index (χ2n) is 3.77. The normalized spacial score (nSPS) is 20.1. The summed E-state index contributed by atoms with van der Waals surface area (Å²) in [5.74, 6) is -0.503. The molecule has 17 heavy (non-hydrogen) atoms. The molecule has 1 aromatic rings. The number of esters is 1. The molecule has 1 unspecified atom stereocenters. The Hall–Kier alpha value is -1.78. The quantitative estimate of drug-likeness (QED) is 0.707. The zero-order chi connectivity index (χ0) is 12.6. The largest absolute Gasteiger partial charge is 0.455 e. The van der Waals surface area contributed by atoms with Gasteiger partial charge in [-0.1, -0.05) is 12.1 Å². The first kappa shape index (κ1) is 11.7. The Balaban J connectivity index is 2.31. The molecule has 5 heteroatoms. The maximum absolute atomic E-state index is 12.3. The van der Waals surface area contributed by atoms with Crippen molar-refractivity contribution in [3.63, 3.8) is 0 Å². The number of benzene rings is 1. The molecule has 1 heterocycles. The van der Waals surface area contributed by atoms with E-state index in [4.69, 9.17) is 4.74 Å². The Kier molecular flexibility index (Phi) is 2.69. The summed E-state index contributed by atoms with van der Waals surface area (Å²) < 4.78 is 41.9. The molecule has 1 aliphatic rings. The zero-order valence-corrected chi connectivity index (χ0v) is 8.91. The van der Waals surface area contributed by atoms with Crippen molar-refractivity contribution in [2.45, 2.75) is 19.2 Å². The van der Waals surface area contributed by atoms with E-state index >= 15 is 0 Å². The Labute approximate surface area is 95.7 Å². The first-order valence-corrected chi connectivity index (χ1v) is 4.98. The monoisotopic (exact) mass is 242 g/mol. The third kappa shape index (κ3) is 2.33. The molecule has 0 spiro atoms. The minimum absolute atomic E-state index is 0.311. The molecule has 0 amide bonds. The van der Waals surface area contributed by atoms with Crippen LogP contribution in [0.1, 0.15) is 18.1 Å². The number of cyclic esters (lactones) is 1. The molecule has 1 atom stereocenters. The van der Waals surface area contributed by atoms with E-state index in [-0.39, 0.29) is 6.10 Å². The molecule has 0 aliphatic carbocycles. The predicted molar refractivity (Wildman–Crippen MR) is 55.0 cm³/mol. The van der Waals surface area contributed by atoms with Gasteiger partial charge in [-0.2, -0.15) is 13.2 Å². The van der Waals surface area contributed by atoms with E-state index in [1.54, 1.807) is 13.0 Å². The summed E-state index contributed by atoms with van der Waals surface area (Å²) in [6, 6.07) is 4.45. The lowest BCUT2D eigenvalue weighted by Gasteiger charge is -2.07. The molecular weight excluding hydrogens is 233 g/mol. The van der Waals surface area contributed by atoms with Crippen LogP contribution in [0.4, 0.5) is 13.2 Å². The van der Waals surface area contributed by atoms with Gasteiger partial charge in [0.1, 0.15) is 6.10 Å². The van der Waals surface area contributed by atoms with Crippen LogP contribution in [0, 0.1) is 0 Å². The smallest absolute Gasteiger partial charge is 0.416 e. The molecule has 0 aromatic heterocycles. The van der Waals surface area contributed by atoms with Crippen LogP contribution in [0.15, 0.2) is 30.3 Å². The van der Waals surface area contributed by atoms with Crippen LogP contribution < -0.4 is 0 Å². The number of ether oxygens (including phenoxy) is 1. The lowest BCUT2D eigenvalue weighted by molar-refractivity contribution is -0.138. The van der Waals surface area contributed by atoms with E-state index in [0.29, 0.717) is 11.1 Å². The molecule has 2 rings (SSSR count). The van der Waals surface area contributed by atoms with Crippen LogP contribution in [0.2, 0.25) is 0 Å². The second kappa shape index (κ2) is 3.91. The third-order valence-electron chi connectivity index (χ3n) is 2.44. The minimum Gasteiger partial charge on any atom is -0.455 e. The van der Waals surface area contributed by atoms with Crippen LogP contribution in [0.25, 0.3) is 5.57 Å². The van der Waals surface area contributed by atoms with Crippen LogP contribution in [0.5, 0.6) is 0 Å². The minimum atomic E-state index is -4.36. The summed E-state index contributed by atoms with van der Waals surface area (Å²) >= 11 is 0. The first-order valence-electron chi connectivity index (χ1n) is 4.98. The molecule has 2 nitrogen and oxygen atoms in total. The summed E-state index contributed by atoms with van der Waals surface area (Å²) in [5, 5.41) is 0. The Morgan fingerprint density at radius 2 is 1.76 bits per heavy atom. The van der Waals surface area contributed by atoms with Crippen LogP contribution in [-0.4, -0.2) is 12.1 Å². The van der Waals surface area contributed by atoms with Gasteiger partial charge in [0.2, 0.25) is 0 Å². The van der Waals surface area contributed by atoms with Gasteiger partial charge >= 0.3 is 12.1 Å². The summed E-state index contributed by atoms with van der Waals surface area (Å²) in [5.41, 5.74) is 0.0137. The van der Waals surface area contributed by atoms with E-state index in [2.05, 4.69) is 0 Å². The number of hydrogen-bond donors (Lipinski definition) is 0. The molecule has 0 bridgehead atoms. The maximum atomic E-state index is 12.3. The average Bonchev–Trinajstić information content (AvgIpc) is 2.57. The molecular formula is C12H9F3O2. The predicted octanol–water partition coefficient (Wildman–Crippen LogP) is 3.03. The molecule has 0 saturated carbocycles. The van der Waals surface area contributed by atoms with E-state index in [1.807, 2.05) is 0 Å². The van der Waals surface area contributed by atoms with E-state index < -0.39 is 17.7 Å². The fourth-order valence-electron chi connectivity index (χ4n) is 1.62. The van der Waals surface area contributed by atoms with Crippen molar-refractivity contribution in [3.05, 3.63) is 41.5 Å². The molecule has 1 aliphatic heterocycles. The maximum Gasteiger partial charge on any atom is 0.416 e. The third-order valence-corrected chi connectivity index (χ3v) is 2.44. The summed E-state index contributed by atoms with van der Waals surface area (Å²) in [6.45, 7) is 1.69. The number of carbonyl (C=O) groups excluding carboxylic acids is 1. The van der Waals surface area contributed by atoms with Gasteiger partial charge in [-0.3, -0.25) is 0 Å². The van der Waals surface area contributed by atoms with Gasteiger partial charge in [0.05, 0.1) is 11.1 Å². The van der Waals surface area contributed by atoms with Crippen molar-refractivity contribution in [1.29, 1.82) is 0 Å². The zero-order valence-electron chi connectivity index (χ0n) is 8.91. The van der Waals surface area contributed by atoms with Gasteiger partial charge in [-0.25, -0.2) is 4.79 Å². The van der Waals surface area contributed by atoms with Gasteiger partial charge in [-0.15, -0.1) is 0 Å². The van der Waals surface area contributed by atoms with Crippen molar-refractivity contribution in [3.8, 4) is 0 Å². The van der Waals surface area contributed by atoms with Gasteiger partial charge in [-0.05, 0) is 30.7 Å².